The number of ether oxygens (including phenoxy) is 1. The molecule has 120 valence electrons. The molecular weight excluding hydrogens is 309 g/mol. The molecule has 0 unspecified atom stereocenters. The minimum absolute atomic E-state index is 0.0560. The normalized spacial score (nSPS) is 11.1. The van der Waals surface area contributed by atoms with Crippen LogP contribution >= 0.6 is 0 Å². The van der Waals surface area contributed by atoms with E-state index in [1.165, 1.54) is 25.3 Å². The highest BCUT2D eigenvalue weighted by Gasteiger charge is 2.30. The van der Waals surface area contributed by atoms with Gasteiger partial charge in [-0.15, -0.1) is 0 Å². The molecule has 3 nitrogen and oxygen atoms in total. The van der Waals surface area contributed by atoms with Crippen molar-refractivity contribution in [1.29, 1.82) is 0 Å². The topological polar surface area (TPSA) is 43.4 Å². The molecule has 2 aromatic rings. The first-order valence-electron chi connectivity index (χ1n) is 6.69. The summed E-state index contributed by atoms with van der Waals surface area (Å²) < 4.78 is 42.7. The number of methoxy groups -OCH3 is 1. The lowest BCUT2D eigenvalue weighted by molar-refractivity contribution is -0.137. The number of hydrogen-bond donors (Lipinski definition) is 0. The molecule has 0 aromatic heterocycles. The first kappa shape index (κ1) is 16.7. The van der Waals surface area contributed by atoms with E-state index in [0.717, 1.165) is 12.1 Å². The Labute approximate surface area is 130 Å². The molecular formula is C17H13F3O3. The van der Waals surface area contributed by atoms with Gasteiger partial charge in [0.25, 0.3) is 0 Å². The first-order chi connectivity index (χ1) is 10.8. The number of benzene rings is 2. The minimum Gasteiger partial charge on any atom is -0.465 e. The molecule has 0 radical (unpaired) electrons. The lowest BCUT2D eigenvalue weighted by atomic mass is 9.98. The fourth-order valence-electron chi connectivity index (χ4n) is 2.13. The van der Waals surface area contributed by atoms with Gasteiger partial charge >= 0.3 is 12.1 Å². The van der Waals surface area contributed by atoms with Crippen LogP contribution in [0.1, 0.15) is 31.8 Å². The number of carbonyl (C=O) groups excluding carboxylic acids is 2. The molecule has 6 heteroatoms. The monoisotopic (exact) mass is 322 g/mol. The Morgan fingerprint density at radius 2 is 1.74 bits per heavy atom. The summed E-state index contributed by atoms with van der Waals surface area (Å²) in [6.07, 6.45) is -4.70. The van der Waals surface area contributed by atoms with Crippen LogP contribution in [-0.4, -0.2) is 18.9 Å². The third-order valence-electron chi connectivity index (χ3n) is 3.29. The highest BCUT2D eigenvalue weighted by atomic mass is 19.4. The average molecular weight is 322 g/mol. The van der Waals surface area contributed by atoms with Gasteiger partial charge in [-0.25, -0.2) is 4.79 Å². The van der Waals surface area contributed by atoms with E-state index in [-0.39, 0.29) is 17.5 Å². The highest BCUT2D eigenvalue weighted by Crippen LogP contribution is 2.29. The molecule has 0 saturated heterocycles. The molecule has 2 aromatic carbocycles. The molecule has 0 atom stereocenters. The van der Waals surface area contributed by atoms with Crippen LogP contribution in [0.5, 0.6) is 0 Å². The molecule has 23 heavy (non-hydrogen) atoms. The van der Waals surface area contributed by atoms with E-state index >= 15 is 0 Å². The van der Waals surface area contributed by atoms with Gasteiger partial charge < -0.3 is 4.74 Å². The quantitative estimate of drug-likeness (QED) is 0.633. The van der Waals surface area contributed by atoms with Gasteiger partial charge in [0, 0.05) is 12.0 Å². The number of alkyl halides is 3. The van der Waals surface area contributed by atoms with Gasteiger partial charge in [0.1, 0.15) is 0 Å². The summed E-state index contributed by atoms with van der Waals surface area (Å²) in [4.78, 5) is 23.9. The molecule has 0 bridgehead atoms. The molecule has 0 aliphatic carbocycles. The maximum absolute atomic E-state index is 12.7. The highest BCUT2D eigenvalue weighted by molar-refractivity contribution is 6.00. The maximum Gasteiger partial charge on any atom is 0.416 e. The van der Waals surface area contributed by atoms with Crippen molar-refractivity contribution in [2.45, 2.75) is 12.6 Å². The SMILES string of the molecule is COC(=O)c1ccccc1CC(=O)c1cccc(C(F)(F)F)c1. The van der Waals surface area contributed by atoms with E-state index in [0.29, 0.717) is 5.56 Å². The van der Waals surface area contributed by atoms with Crippen LogP contribution in [0.15, 0.2) is 48.5 Å². The van der Waals surface area contributed by atoms with Gasteiger partial charge in [0.05, 0.1) is 18.2 Å². The van der Waals surface area contributed by atoms with Gasteiger partial charge in [0.15, 0.2) is 5.78 Å². The molecule has 0 aliphatic rings. The number of ketones is 1. The zero-order chi connectivity index (χ0) is 17.0. The summed E-state index contributed by atoms with van der Waals surface area (Å²) in [7, 11) is 1.22. The van der Waals surface area contributed by atoms with Crippen molar-refractivity contribution in [3.8, 4) is 0 Å². The second-order valence-corrected chi connectivity index (χ2v) is 4.83. The number of esters is 1. The summed E-state index contributed by atoms with van der Waals surface area (Å²) in [5, 5.41) is 0. The Morgan fingerprint density at radius 1 is 1.04 bits per heavy atom. The van der Waals surface area contributed by atoms with Crippen molar-refractivity contribution in [2.24, 2.45) is 0 Å². The summed E-state index contributed by atoms with van der Waals surface area (Å²) >= 11 is 0. The van der Waals surface area contributed by atoms with Gasteiger partial charge in [0.2, 0.25) is 0 Å². The third kappa shape index (κ3) is 3.97. The summed E-state index contributed by atoms with van der Waals surface area (Å²) in [6, 6.07) is 10.5. The molecule has 0 saturated carbocycles. The van der Waals surface area contributed by atoms with Crippen LogP contribution in [0.25, 0.3) is 0 Å². The fraction of sp³-hybridized carbons (Fsp3) is 0.176. The van der Waals surface area contributed by atoms with E-state index < -0.39 is 23.5 Å². The Hall–Kier alpha value is -2.63. The largest absolute Gasteiger partial charge is 0.465 e. The van der Waals surface area contributed by atoms with Gasteiger partial charge in [-0.05, 0) is 23.8 Å². The molecule has 0 fully saturated rings. The predicted octanol–water partition coefficient (Wildman–Crippen LogP) is 3.92. The van der Waals surface area contributed by atoms with Crippen LogP contribution in [0.3, 0.4) is 0 Å². The Morgan fingerprint density at radius 3 is 2.39 bits per heavy atom. The van der Waals surface area contributed by atoms with E-state index in [1.807, 2.05) is 0 Å². The lowest BCUT2D eigenvalue weighted by Crippen LogP contribution is -2.12. The third-order valence-corrected chi connectivity index (χ3v) is 3.29. The van der Waals surface area contributed by atoms with Gasteiger partial charge in [-0.2, -0.15) is 13.2 Å². The zero-order valence-corrected chi connectivity index (χ0v) is 12.2. The predicted molar refractivity (Wildman–Crippen MR) is 77.3 cm³/mol. The number of rotatable bonds is 4. The first-order valence-corrected chi connectivity index (χ1v) is 6.69. The van der Waals surface area contributed by atoms with Crippen molar-refractivity contribution in [3.63, 3.8) is 0 Å². The lowest BCUT2D eigenvalue weighted by Gasteiger charge is -2.09. The second-order valence-electron chi connectivity index (χ2n) is 4.83. The number of halogens is 3. The van der Waals surface area contributed by atoms with E-state index in [9.17, 15) is 22.8 Å². The molecule has 0 spiro atoms. The standard InChI is InChI=1S/C17H13F3O3/c1-23-16(22)14-8-3-2-5-11(14)10-15(21)12-6-4-7-13(9-12)17(18,19)20/h2-9H,10H2,1H3. The number of Topliss-reactive ketones (excluding diaryl/α,β-unsaturated/α-hetero) is 1. The molecule has 0 heterocycles. The zero-order valence-electron chi connectivity index (χ0n) is 12.2. The van der Waals surface area contributed by atoms with Crippen molar-refractivity contribution in [2.75, 3.05) is 7.11 Å². The van der Waals surface area contributed by atoms with Crippen LogP contribution in [-0.2, 0) is 17.3 Å². The Kier molecular flexibility index (Phi) is 4.83. The van der Waals surface area contributed by atoms with Gasteiger partial charge in [-0.1, -0.05) is 30.3 Å². The summed E-state index contributed by atoms with van der Waals surface area (Å²) in [5.41, 5.74) is -0.318. The Bertz CT molecular complexity index is 736. The molecule has 0 aliphatic heterocycles. The Balaban J connectivity index is 2.29. The van der Waals surface area contributed by atoms with Crippen molar-refractivity contribution < 1.29 is 27.5 Å². The average Bonchev–Trinajstić information content (AvgIpc) is 2.54. The number of hydrogen-bond acceptors (Lipinski definition) is 3. The fourth-order valence-corrected chi connectivity index (χ4v) is 2.13. The minimum atomic E-state index is -4.51. The molecule has 0 N–H and O–H groups in total. The summed E-state index contributed by atoms with van der Waals surface area (Å²) in [5.74, 6) is -1.11. The molecule has 0 amide bonds. The smallest absolute Gasteiger partial charge is 0.416 e. The van der Waals surface area contributed by atoms with Crippen LogP contribution in [0, 0.1) is 0 Å². The summed E-state index contributed by atoms with van der Waals surface area (Å²) in [6.45, 7) is 0. The van der Waals surface area contributed by atoms with E-state index in [1.54, 1.807) is 18.2 Å². The van der Waals surface area contributed by atoms with E-state index in [2.05, 4.69) is 4.74 Å². The number of carbonyl (C=O) groups is 2. The van der Waals surface area contributed by atoms with Crippen molar-refractivity contribution in [1.82, 2.24) is 0 Å². The van der Waals surface area contributed by atoms with Crippen molar-refractivity contribution in [3.05, 3.63) is 70.8 Å². The van der Waals surface area contributed by atoms with Crippen molar-refractivity contribution >= 4 is 11.8 Å². The molecule has 2 rings (SSSR count). The van der Waals surface area contributed by atoms with Gasteiger partial charge in [-0.3, -0.25) is 4.79 Å². The van der Waals surface area contributed by atoms with E-state index in [4.69, 9.17) is 0 Å². The maximum atomic E-state index is 12.7. The van der Waals surface area contributed by atoms with Crippen LogP contribution < -0.4 is 0 Å². The second kappa shape index (κ2) is 6.64. The van der Waals surface area contributed by atoms with Crippen LogP contribution in [0.4, 0.5) is 13.2 Å². The van der Waals surface area contributed by atoms with Crippen LogP contribution in [0.2, 0.25) is 0 Å².